The summed E-state index contributed by atoms with van der Waals surface area (Å²) < 4.78 is 24.6. The molecule has 4 nitrogen and oxygen atoms in total. The van der Waals surface area contributed by atoms with Crippen molar-refractivity contribution in [3.05, 3.63) is 12.1 Å². The zero-order chi connectivity index (χ0) is 16.6. The molecule has 2 aliphatic heterocycles. The van der Waals surface area contributed by atoms with Crippen LogP contribution in [-0.2, 0) is 0 Å². The molecule has 0 atom stereocenters. The molecule has 0 unspecified atom stereocenters. The Morgan fingerprint density at radius 3 is 0.818 bits per heavy atom. The van der Waals surface area contributed by atoms with Crippen LogP contribution in [0.5, 0.6) is 23.0 Å². The minimum atomic E-state index is -0.432. The molecule has 0 fully saturated rings. The van der Waals surface area contributed by atoms with Gasteiger partial charge in [0.1, 0.15) is 22.4 Å². The Bertz CT molecular complexity index is 520. The van der Waals surface area contributed by atoms with E-state index >= 15 is 0 Å². The second-order valence-electron chi connectivity index (χ2n) is 8.20. The predicted octanol–water partition coefficient (Wildman–Crippen LogP) is 4.34. The van der Waals surface area contributed by atoms with Crippen LogP contribution in [0.25, 0.3) is 0 Å². The summed E-state index contributed by atoms with van der Waals surface area (Å²) in [6.45, 7) is 16.2. The van der Waals surface area contributed by atoms with Crippen molar-refractivity contribution < 1.29 is 18.9 Å². The molecule has 122 valence electrons. The van der Waals surface area contributed by atoms with Crippen molar-refractivity contribution in [1.29, 1.82) is 0 Å². The van der Waals surface area contributed by atoms with E-state index in [2.05, 4.69) is 0 Å². The molecule has 0 saturated heterocycles. The van der Waals surface area contributed by atoms with Gasteiger partial charge in [0.15, 0.2) is 23.0 Å². The molecule has 1 aromatic carbocycles. The molecule has 0 aromatic heterocycles. The summed E-state index contributed by atoms with van der Waals surface area (Å²) in [4.78, 5) is 0. The number of hydrogen-bond donors (Lipinski definition) is 0. The lowest BCUT2D eigenvalue weighted by molar-refractivity contribution is -0.109. The molecule has 4 heteroatoms. The summed E-state index contributed by atoms with van der Waals surface area (Å²) in [5, 5.41) is 0. The van der Waals surface area contributed by atoms with E-state index in [4.69, 9.17) is 18.9 Å². The van der Waals surface area contributed by atoms with E-state index in [1.54, 1.807) is 0 Å². The van der Waals surface area contributed by atoms with E-state index in [0.29, 0.717) is 23.0 Å². The Balaban J connectivity index is 2.07. The first kappa shape index (κ1) is 15.3. The van der Waals surface area contributed by atoms with Gasteiger partial charge in [0.2, 0.25) is 0 Å². The zero-order valence-corrected chi connectivity index (χ0v) is 14.8. The maximum atomic E-state index is 6.16. The number of ether oxygens (including phenoxy) is 4. The average Bonchev–Trinajstić information content (AvgIpc) is 2.29. The lowest BCUT2D eigenvalue weighted by atomic mass is 9.87. The fraction of sp³-hybridized carbons (Fsp3) is 0.667. The molecule has 0 radical (unpaired) electrons. The molecular formula is C18H26O4. The van der Waals surface area contributed by atoms with Gasteiger partial charge < -0.3 is 18.9 Å². The summed E-state index contributed by atoms with van der Waals surface area (Å²) in [7, 11) is 0. The first-order valence-corrected chi connectivity index (χ1v) is 7.79. The van der Waals surface area contributed by atoms with Crippen LogP contribution in [0, 0.1) is 0 Å². The number of rotatable bonds is 0. The van der Waals surface area contributed by atoms with Crippen molar-refractivity contribution in [1.82, 2.24) is 0 Å². The predicted molar refractivity (Wildman–Crippen MR) is 85.3 cm³/mol. The van der Waals surface area contributed by atoms with Crippen molar-refractivity contribution in [2.75, 3.05) is 0 Å². The molecule has 22 heavy (non-hydrogen) atoms. The third kappa shape index (κ3) is 2.03. The van der Waals surface area contributed by atoms with Crippen LogP contribution in [-0.4, -0.2) is 22.4 Å². The van der Waals surface area contributed by atoms with Crippen molar-refractivity contribution >= 4 is 0 Å². The second-order valence-corrected chi connectivity index (χ2v) is 8.20. The van der Waals surface area contributed by atoms with Crippen LogP contribution in [0.2, 0.25) is 0 Å². The van der Waals surface area contributed by atoms with Crippen LogP contribution in [0.1, 0.15) is 55.4 Å². The van der Waals surface area contributed by atoms with Crippen LogP contribution in [0.4, 0.5) is 0 Å². The molecule has 0 aliphatic carbocycles. The highest BCUT2D eigenvalue weighted by atomic mass is 16.6. The molecule has 3 rings (SSSR count). The van der Waals surface area contributed by atoms with E-state index in [-0.39, 0.29) is 0 Å². The minimum absolute atomic E-state index is 0.432. The average molecular weight is 306 g/mol. The third-order valence-electron chi connectivity index (χ3n) is 5.37. The minimum Gasteiger partial charge on any atom is -0.480 e. The highest BCUT2D eigenvalue weighted by molar-refractivity contribution is 5.57. The first-order chi connectivity index (χ1) is 9.85. The van der Waals surface area contributed by atoms with Crippen LogP contribution < -0.4 is 18.9 Å². The summed E-state index contributed by atoms with van der Waals surface area (Å²) in [6.07, 6.45) is 0. The molecule has 0 amide bonds. The summed E-state index contributed by atoms with van der Waals surface area (Å²) >= 11 is 0. The Labute approximate surface area is 132 Å². The highest BCUT2D eigenvalue weighted by Gasteiger charge is 2.49. The van der Waals surface area contributed by atoms with E-state index in [9.17, 15) is 0 Å². The van der Waals surface area contributed by atoms with Crippen LogP contribution in [0.15, 0.2) is 12.1 Å². The van der Waals surface area contributed by atoms with Crippen molar-refractivity contribution in [2.24, 2.45) is 0 Å². The quantitative estimate of drug-likeness (QED) is 0.714. The molecular weight excluding hydrogens is 280 g/mol. The van der Waals surface area contributed by atoms with Crippen molar-refractivity contribution in [2.45, 2.75) is 77.8 Å². The van der Waals surface area contributed by atoms with E-state index in [0.717, 1.165) is 0 Å². The lowest BCUT2D eigenvalue weighted by Crippen LogP contribution is -2.57. The normalized spacial score (nSPS) is 25.5. The molecule has 0 N–H and O–H groups in total. The lowest BCUT2D eigenvalue weighted by Gasteiger charge is -2.48. The van der Waals surface area contributed by atoms with Gasteiger partial charge >= 0.3 is 0 Å². The van der Waals surface area contributed by atoms with Crippen molar-refractivity contribution in [3.8, 4) is 23.0 Å². The van der Waals surface area contributed by atoms with Gasteiger partial charge in [-0.3, -0.25) is 0 Å². The second kappa shape index (κ2) is 4.03. The van der Waals surface area contributed by atoms with Gasteiger partial charge in [0, 0.05) is 12.1 Å². The first-order valence-electron chi connectivity index (χ1n) is 7.79. The largest absolute Gasteiger partial charge is 0.480 e. The Kier molecular flexibility index (Phi) is 2.81. The van der Waals surface area contributed by atoms with E-state index in [1.165, 1.54) is 0 Å². The number of benzene rings is 1. The van der Waals surface area contributed by atoms with Crippen LogP contribution in [0.3, 0.4) is 0 Å². The van der Waals surface area contributed by atoms with Crippen LogP contribution >= 0.6 is 0 Å². The Hall–Kier alpha value is -1.58. The highest BCUT2D eigenvalue weighted by Crippen LogP contribution is 2.52. The fourth-order valence-corrected chi connectivity index (χ4v) is 2.43. The molecule has 2 heterocycles. The van der Waals surface area contributed by atoms with Gasteiger partial charge in [-0.25, -0.2) is 0 Å². The van der Waals surface area contributed by atoms with Gasteiger partial charge in [0.25, 0.3) is 0 Å². The smallest absolute Gasteiger partial charge is 0.166 e. The Morgan fingerprint density at radius 1 is 0.455 bits per heavy atom. The maximum Gasteiger partial charge on any atom is 0.166 e. The van der Waals surface area contributed by atoms with Gasteiger partial charge in [-0.15, -0.1) is 0 Å². The summed E-state index contributed by atoms with van der Waals surface area (Å²) in [6, 6.07) is 3.75. The maximum absolute atomic E-state index is 6.16. The van der Waals surface area contributed by atoms with E-state index < -0.39 is 22.4 Å². The molecule has 0 bridgehead atoms. The summed E-state index contributed by atoms with van der Waals surface area (Å²) in [5.41, 5.74) is -1.73. The van der Waals surface area contributed by atoms with Gasteiger partial charge in [-0.2, -0.15) is 0 Å². The number of hydrogen-bond acceptors (Lipinski definition) is 4. The topological polar surface area (TPSA) is 36.9 Å². The zero-order valence-electron chi connectivity index (χ0n) is 14.8. The molecule has 0 spiro atoms. The standard InChI is InChI=1S/C18H26O4/c1-15(2)16(3,4)20-12-10-14-13(9-11(12)19-15)21-17(5,6)18(7,8)22-14/h9-10H,1-8H3. The van der Waals surface area contributed by atoms with Gasteiger partial charge in [-0.05, 0) is 55.4 Å². The summed E-state index contributed by atoms with van der Waals surface area (Å²) in [5.74, 6) is 2.79. The SMILES string of the molecule is CC1(C)Oc2cc3c(cc2OC1(C)C)OC(C)(C)C(C)(C)O3. The van der Waals surface area contributed by atoms with E-state index in [1.807, 2.05) is 67.5 Å². The third-order valence-corrected chi connectivity index (χ3v) is 5.37. The molecule has 2 aliphatic rings. The molecule has 1 aromatic rings. The van der Waals surface area contributed by atoms with Crippen molar-refractivity contribution in [3.63, 3.8) is 0 Å². The van der Waals surface area contributed by atoms with Gasteiger partial charge in [0.05, 0.1) is 0 Å². The van der Waals surface area contributed by atoms with Gasteiger partial charge in [-0.1, -0.05) is 0 Å². The molecule has 0 saturated carbocycles. The Morgan fingerprint density at radius 2 is 0.636 bits per heavy atom. The number of fused-ring (bicyclic) bond motifs is 2. The monoisotopic (exact) mass is 306 g/mol. The fourth-order valence-electron chi connectivity index (χ4n) is 2.43.